The molecule has 3 nitrogen and oxygen atoms in total. The molecule has 0 aliphatic rings. The number of halogens is 1. The molecule has 3 rings (SSSR count). The molecule has 0 spiro atoms. The molecule has 3 aromatic rings. The maximum absolute atomic E-state index is 12.8. The Morgan fingerprint density at radius 1 is 1.13 bits per heavy atom. The first-order valence-electron chi connectivity index (χ1n) is 6.97. The minimum Gasteiger partial charge on any atom is -0.382 e. The number of rotatable bonds is 5. The number of amides is 1. The van der Waals surface area contributed by atoms with E-state index >= 15 is 0 Å². The van der Waals surface area contributed by atoms with E-state index in [-0.39, 0.29) is 11.7 Å². The number of carbonyl (C=O) groups is 1. The highest BCUT2D eigenvalue weighted by molar-refractivity contribution is 7.12. The molecule has 0 saturated carbocycles. The summed E-state index contributed by atoms with van der Waals surface area (Å²) in [5.74, 6) is -0.620. The number of aliphatic hydroxyl groups excluding tert-OH is 1. The van der Waals surface area contributed by atoms with Crippen molar-refractivity contribution in [3.63, 3.8) is 0 Å². The number of hydrogen-bond acceptors (Lipinski definition) is 4. The van der Waals surface area contributed by atoms with Crippen LogP contribution in [0.4, 0.5) is 4.39 Å². The van der Waals surface area contributed by atoms with Gasteiger partial charge in [0.05, 0.1) is 6.54 Å². The first-order valence-corrected chi connectivity index (χ1v) is 8.67. The zero-order valence-corrected chi connectivity index (χ0v) is 13.7. The minimum atomic E-state index is -0.624. The van der Waals surface area contributed by atoms with Gasteiger partial charge >= 0.3 is 0 Å². The lowest BCUT2D eigenvalue weighted by atomic mass is 10.2. The number of nitrogens with one attached hydrogen (secondary N) is 1. The average molecular weight is 347 g/mol. The highest BCUT2D eigenvalue weighted by Crippen LogP contribution is 2.30. The molecule has 0 aliphatic heterocycles. The molecule has 2 aromatic heterocycles. The van der Waals surface area contributed by atoms with E-state index in [9.17, 15) is 14.3 Å². The van der Waals surface area contributed by atoms with Gasteiger partial charge in [-0.3, -0.25) is 4.79 Å². The van der Waals surface area contributed by atoms with Crippen molar-refractivity contribution in [2.75, 3.05) is 0 Å². The standard InChI is InChI=1S/C17H14FNO2S2/c18-12-5-3-11(4-6-12)17(21)19-10-13-7-8-15(23-13)16(20)14-2-1-9-22-14/h1-9,16,20H,10H2,(H,19,21)/t16-/m0/s1. The Morgan fingerprint density at radius 2 is 1.91 bits per heavy atom. The molecule has 1 aromatic carbocycles. The van der Waals surface area contributed by atoms with Crippen molar-refractivity contribution in [3.05, 3.63) is 79.9 Å². The molecule has 6 heteroatoms. The molecule has 0 unspecified atom stereocenters. The Kier molecular flexibility index (Phi) is 4.85. The van der Waals surface area contributed by atoms with Crippen LogP contribution in [0.15, 0.2) is 53.9 Å². The van der Waals surface area contributed by atoms with Crippen LogP contribution in [-0.2, 0) is 6.54 Å². The Morgan fingerprint density at radius 3 is 2.61 bits per heavy atom. The largest absolute Gasteiger partial charge is 0.382 e. The topological polar surface area (TPSA) is 49.3 Å². The van der Waals surface area contributed by atoms with Gasteiger partial charge in [-0.25, -0.2) is 4.39 Å². The number of carbonyl (C=O) groups excluding carboxylic acids is 1. The van der Waals surface area contributed by atoms with Crippen LogP contribution in [0.5, 0.6) is 0 Å². The second-order valence-electron chi connectivity index (χ2n) is 4.91. The molecule has 1 amide bonds. The van der Waals surface area contributed by atoms with Crippen LogP contribution >= 0.6 is 22.7 Å². The number of thiophene rings is 2. The number of benzene rings is 1. The molecule has 0 fully saturated rings. The van der Waals surface area contributed by atoms with Crippen molar-refractivity contribution in [2.24, 2.45) is 0 Å². The predicted molar refractivity (Wildman–Crippen MR) is 90.3 cm³/mol. The van der Waals surface area contributed by atoms with Gasteiger partial charge in [0, 0.05) is 20.2 Å². The highest BCUT2D eigenvalue weighted by atomic mass is 32.1. The molecule has 0 radical (unpaired) electrons. The lowest BCUT2D eigenvalue weighted by Crippen LogP contribution is -2.22. The van der Waals surface area contributed by atoms with Crippen molar-refractivity contribution in [3.8, 4) is 0 Å². The van der Waals surface area contributed by atoms with E-state index in [4.69, 9.17) is 0 Å². The highest BCUT2D eigenvalue weighted by Gasteiger charge is 2.14. The van der Waals surface area contributed by atoms with Crippen molar-refractivity contribution >= 4 is 28.6 Å². The summed E-state index contributed by atoms with van der Waals surface area (Å²) in [6, 6.07) is 13.0. The van der Waals surface area contributed by atoms with Gasteiger partial charge in [0.1, 0.15) is 11.9 Å². The van der Waals surface area contributed by atoms with Crippen LogP contribution in [0.2, 0.25) is 0 Å². The first kappa shape index (κ1) is 15.9. The molecule has 2 heterocycles. The summed E-state index contributed by atoms with van der Waals surface area (Å²) in [6.45, 7) is 0.373. The van der Waals surface area contributed by atoms with E-state index in [0.717, 1.165) is 14.6 Å². The zero-order chi connectivity index (χ0) is 16.2. The van der Waals surface area contributed by atoms with Crippen LogP contribution in [-0.4, -0.2) is 11.0 Å². The van der Waals surface area contributed by atoms with Crippen LogP contribution in [0.25, 0.3) is 0 Å². The van der Waals surface area contributed by atoms with Gasteiger partial charge in [-0.2, -0.15) is 0 Å². The summed E-state index contributed by atoms with van der Waals surface area (Å²) in [5.41, 5.74) is 0.418. The smallest absolute Gasteiger partial charge is 0.251 e. The fourth-order valence-electron chi connectivity index (χ4n) is 2.09. The normalized spacial score (nSPS) is 12.1. The number of aliphatic hydroxyl groups is 1. The molecule has 1 atom stereocenters. The summed E-state index contributed by atoms with van der Waals surface area (Å²) in [7, 11) is 0. The van der Waals surface area contributed by atoms with E-state index in [1.165, 1.54) is 46.9 Å². The van der Waals surface area contributed by atoms with Gasteiger partial charge in [-0.1, -0.05) is 6.07 Å². The maximum atomic E-state index is 12.8. The third-order valence-electron chi connectivity index (χ3n) is 3.29. The molecule has 0 saturated heterocycles. The average Bonchev–Trinajstić information content (AvgIpc) is 3.24. The van der Waals surface area contributed by atoms with Gasteiger partial charge in [0.15, 0.2) is 0 Å². The second-order valence-corrected chi connectivity index (χ2v) is 7.09. The van der Waals surface area contributed by atoms with Crippen molar-refractivity contribution in [1.82, 2.24) is 5.32 Å². The van der Waals surface area contributed by atoms with Gasteiger partial charge < -0.3 is 10.4 Å². The quantitative estimate of drug-likeness (QED) is 0.734. The summed E-state index contributed by atoms with van der Waals surface area (Å²) in [6.07, 6.45) is -0.624. The molecule has 118 valence electrons. The van der Waals surface area contributed by atoms with E-state index in [2.05, 4.69) is 5.32 Å². The monoisotopic (exact) mass is 347 g/mol. The van der Waals surface area contributed by atoms with Gasteiger partial charge in [-0.05, 0) is 47.8 Å². The lowest BCUT2D eigenvalue weighted by Gasteiger charge is -2.05. The molecule has 0 aliphatic carbocycles. The predicted octanol–water partition coefficient (Wildman–Crippen LogP) is 3.96. The molecular weight excluding hydrogens is 333 g/mol. The van der Waals surface area contributed by atoms with E-state index in [1.807, 2.05) is 29.6 Å². The molecular formula is C17H14FNO2S2. The van der Waals surface area contributed by atoms with Crippen molar-refractivity contribution < 1.29 is 14.3 Å². The molecule has 2 N–H and O–H groups in total. The van der Waals surface area contributed by atoms with Gasteiger partial charge in [-0.15, -0.1) is 22.7 Å². The summed E-state index contributed by atoms with van der Waals surface area (Å²) in [4.78, 5) is 14.7. The third kappa shape index (κ3) is 3.85. The second kappa shape index (κ2) is 7.04. The van der Waals surface area contributed by atoms with Crippen molar-refractivity contribution in [1.29, 1.82) is 0 Å². The van der Waals surface area contributed by atoms with Crippen LogP contribution < -0.4 is 5.32 Å². The summed E-state index contributed by atoms with van der Waals surface area (Å²) >= 11 is 2.97. The number of hydrogen-bond donors (Lipinski definition) is 2. The lowest BCUT2D eigenvalue weighted by molar-refractivity contribution is 0.0951. The fourth-order valence-corrected chi connectivity index (χ4v) is 3.85. The fraction of sp³-hybridized carbons (Fsp3) is 0.118. The first-order chi connectivity index (χ1) is 11.1. The summed E-state index contributed by atoms with van der Waals surface area (Å²) < 4.78 is 12.8. The van der Waals surface area contributed by atoms with Gasteiger partial charge in [0.2, 0.25) is 0 Å². The van der Waals surface area contributed by atoms with E-state index in [0.29, 0.717) is 12.1 Å². The van der Waals surface area contributed by atoms with E-state index < -0.39 is 6.10 Å². The molecule has 0 bridgehead atoms. The zero-order valence-electron chi connectivity index (χ0n) is 12.0. The maximum Gasteiger partial charge on any atom is 0.251 e. The van der Waals surface area contributed by atoms with Crippen LogP contribution in [0.1, 0.15) is 31.1 Å². The third-order valence-corrected chi connectivity index (χ3v) is 5.36. The Hall–Kier alpha value is -2.02. The Labute approximate surface area is 141 Å². The van der Waals surface area contributed by atoms with Crippen LogP contribution in [0, 0.1) is 5.82 Å². The SMILES string of the molecule is O=C(NCc1ccc([C@@H](O)c2cccs2)s1)c1ccc(F)cc1. The van der Waals surface area contributed by atoms with Crippen molar-refractivity contribution in [2.45, 2.75) is 12.6 Å². The van der Waals surface area contributed by atoms with Crippen LogP contribution in [0.3, 0.4) is 0 Å². The van der Waals surface area contributed by atoms with E-state index in [1.54, 1.807) is 0 Å². The minimum absolute atomic E-state index is 0.251. The Bertz CT molecular complexity index is 781. The Balaban J connectivity index is 1.61. The van der Waals surface area contributed by atoms with Gasteiger partial charge in [0.25, 0.3) is 5.91 Å². The molecule has 23 heavy (non-hydrogen) atoms. The summed E-state index contributed by atoms with van der Waals surface area (Å²) in [5, 5.41) is 15.0.